The number of hydrazone groups is 1. The summed E-state index contributed by atoms with van der Waals surface area (Å²) in [5.41, 5.74) is 6.04. The molecule has 0 fully saturated rings. The first-order chi connectivity index (χ1) is 13.0. The molecule has 0 radical (unpaired) electrons. The highest BCUT2D eigenvalue weighted by molar-refractivity contribution is 5.82. The molecule has 0 aliphatic heterocycles. The fourth-order valence-electron chi connectivity index (χ4n) is 3.01. The van der Waals surface area contributed by atoms with Crippen LogP contribution in [0.4, 0.5) is 0 Å². The van der Waals surface area contributed by atoms with Crippen molar-refractivity contribution in [2.24, 2.45) is 5.10 Å². The molecule has 28 heavy (non-hydrogen) atoms. The fourth-order valence-corrected chi connectivity index (χ4v) is 3.01. The van der Waals surface area contributed by atoms with Crippen molar-refractivity contribution in [3.63, 3.8) is 0 Å². The minimum absolute atomic E-state index is 0.130. The highest BCUT2D eigenvalue weighted by Crippen LogP contribution is 2.39. The lowest BCUT2D eigenvalue weighted by atomic mass is 9.78. The monoisotopic (exact) mass is 380 g/mol. The van der Waals surface area contributed by atoms with E-state index in [0.717, 1.165) is 22.3 Å². The Kier molecular flexibility index (Phi) is 6.65. The summed E-state index contributed by atoms with van der Waals surface area (Å²) < 4.78 is 0. The number of aromatic hydroxyl groups is 1. The third-order valence-corrected chi connectivity index (χ3v) is 4.63. The maximum absolute atomic E-state index is 12.2. The zero-order chi connectivity index (χ0) is 20.9. The molecule has 2 aromatic carbocycles. The van der Waals surface area contributed by atoms with Crippen LogP contribution in [-0.2, 0) is 22.0 Å². The van der Waals surface area contributed by atoms with Crippen LogP contribution in [0.5, 0.6) is 5.75 Å². The van der Waals surface area contributed by atoms with Crippen molar-refractivity contribution < 1.29 is 9.90 Å². The van der Waals surface area contributed by atoms with Gasteiger partial charge >= 0.3 is 0 Å². The van der Waals surface area contributed by atoms with Crippen molar-refractivity contribution in [2.75, 3.05) is 0 Å². The number of phenols is 1. The Morgan fingerprint density at radius 2 is 1.54 bits per heavy atom. The molecule has 2 N–H and O–H groups in total. The molecule has 2 aromatic rings. The molecule has 0 aromatic heterocycles. The Hall–Kier alpha value is -2.62. The predicted molar refractivity (Wildman–Crippen MR) is 116 cm³/mol. The number of aryl methyl sites for hydroxylation is 1. The molecular weight excluding hydrogens is 348 g/mol. The van der Waals surface area contributed by atoms with Gasteiger partial charge < -0.3 is 5.11 Å². The number of carbonyl (C=O) groups is 1. The second-order valence-electron chi connectivity index (χ2n) is 9.24. The predicted octanol–water partition coefficient (Wildman–Crippen LogP) is 5.07. The second kappa shape index (κ2) is 8.59. The van der Waals surface area contributed by atoms with Crippen LogP contribution in [-0.4, -0.2) is 17.2 Å². The van der Waals surface area contributed by atoms with Crippen LogP contribution in [0.3, 0.4) is 0 Å². The van der Waals surface area contributed by atoms with Crippen LogP contribution in [0, 0.1) is 0 Å². The molecule has 0 heterocycles. The fraction of sp³-hybridized carbons (Fsp3) is 0.417. The molecule has 0 bridgehead atoms. The van der Waals surface area contributed by atoms with Crippen LogP contribution >= 0.6 is 0 Å². The van der Waals surface area contributed by atoms with E-state index in [0.29, 0.717) is 18.6 Å². The molecule has 0 saturated heterocycles. The van der Waals surface area contributed by atoms with Crippen LogP contribution in [0.15, 0.2) is 47.6 Å². The number of benzene rings is 2. The minimum Gasteiger partial charge on any atom is -0.507 e. The summed E-state index contributed by atoms with van der Waals surface area (Å²) in [5, 5.41) is 14.8. The van der Waals surface area contributed by atoms with Gasteiger partial charge in [-0.2, -0.15) is 5.10 Å². The highest BCUT2D eigenvalue weighted by atomic mass is 16.3. The van der Waals surface area contributed by atoms with E-state index in [1.165, 1.54) is 0 Å². The van der Waals surface area contributed by atoms with Gasteiger partial charge in [0.2, 0.25) is 5.91 Å². The van der Waals surface area contributed by atoms with Crippen LogP contribution in [0.1, 0.15) is 70.2 Å². The van der Waals surface area contributed by atoms with Gasteiger partial charge in [0, 0.05) is 6.42 Å². The van der Waals surface area contributed by atoms with Gasteiger partial charge in [-0.15, -0.1) is 0 Å². The Labute approximate surface area is 168 Å². The molecule has 0 saturated carbocycles. The maximum Gasteiger partial charge on any atom is 0.240 e. The van der Waals surface area contributed by atoms with Gasteiger partial charge in [0.15, 0.2) is 0 Å². The van der Waals surface area contributed by atoms with E-state index in [4.69, 9.17) is 0 Å². The summed E-state index contributed by atoms with van der Waals surface area (Å²) in [4.78, 5) is 12.2. The third kappa shape index (κ3) is 5.95. The SMILES string of the molecule is CC(C)(C)c1cc(CCC(=O)NN=Cc2ccccc2)cc(C(C)(C)C)c1O. The first kappa shape index (κ1) is 21.7. The quantitative estimate of drug-likeness (QED) is 0.562. The van der Waals surface area contributed by atoms with Gasteiger partial charge in [-0.3, -0.25) is 4.79 Å². The molecule has 0 unspecified atom stereocenters. The molecule has 0 aliphatic rings. The number of nitrogens with zero attached hydrogens (tertiary/aromatic N) is 1. The van der Waals surface area contributed by atoms with E-state index in [9.17, 15) is 9.90 Å². The summed E-state index contributed by atoms with van der Waals surface area (Å²) in [6.07, 6.45) is 2.57. The average molecular weight is 381 g/mol. The van der Waals surface area contributed by atoms with E-state index in [1.807, 2.05) is 42.5 Å². The standard InChI is InChI=1S/C24H32N2O2/c1-23(2,3)19-14-18(15-20(22(19)28)24(4,5)6)12-13-21(27)26-25-16-17-10-8-7-9-11-17/h7-11,14-16,28H,12-13H2,1-6H3,(H,26,27). The van der Waals surface area contributed by atoms with E-state index in [2.05, 4.69) is 52.1 Å². The van der Waals surface area contributed by atoms with E-state index in [1.54, 1.807) is 6.21 Å². The van der Waals surface area contributed by atoms with Gasteiger partial charge in [0.1, 0.15) is 5.75 Å². The lowest BCUT2D eigenvalue weighted by Gasteiger charge is -2.28. The van der Waals surface area contributed by atoms with E-state index in [-0.39, 0.29) is 16.7 Å². The highest BCUT2D eigenvalue weighted by Gasteiger charge is 2.26. The molecule has 0 spiro atoms. The average Bonchev–Trinajstić information content (AvgIpc) is 2.59. The first-order valence-electron chi connectivity index (χ1n) is 9.72. The number of hydrogen-bond donors (Lipinski definition) is 2. The van der Waals surface area contributed by atoms with Crippen molar-refractivity contribution in [1.82, 2.24) is 5.43 Å². The maximum atomic E-state index is 12.2. The van der Waals surface area contributed by atoms with Gasteiger partial charge in [0.25, 0.3) is 0 Å². The summed E-state index contributed by atoms with van der Waals surface area (Å²) in [5.74, 6) is 0.232. The first-order valence-corrected chi connectivity index (χ1v) is 9.72. The van der Waals surface area contributed by atoms with Crippen molar-refractivity contribution in [3.8, 4) is 5.75 Å². The molecule has 1 amide bonds. The molecular formula is C24H32N2O2. The lowest BCUT2D eigenvalue weighted by molar-refractivity contribution is -0.121. The van der Waals surface area contributed by atoms with Gasteiger partial charge in [0.05, 0.1) is 6.21 Å². The summed E-state index contributed by atoms with van der Waals surface area (Å²) in [7, 11) is 0. The second-order valence-corrected chi connectivity index (χ2v) is 9.24. The molecule has 0 aliphatic carbocycles. The van der Waals surface area contributed by atoms with Crippen molar-refractivity contribution >= 4 is 12.1 Å². The molecule has 150 valence electrons. The number of nitrogens with one attached hydrogen (secondary N) is 1. The zero-order valence-electron chi connectivity index (χ0n) is 17.8. The van der Waals surface area contributed by atoms with Crippen LogP contribution in [0.25, 0.3) is 0 Å². The Balaban J connectivity index is 2.11. The number of carbonyl (C=O) groups excluding carboxylic acids is 1. The minimum atomic E-state index is -0.178. The molecule has 4 heteroatoms. The largest absolute Gasteiger partial charge is 0.507 e. The molecule has 0 atom stereocenters. The van der Waals surface area contributed by atoms with Crippen LogP contribution < -0.4 is 5.43 Å². The Bertz CT molecular complexity index is 806. The summed E-state index contributed by atoms with van der Waals surface area (Å²) in [6.45, 7) is 12.5. The van der Waals surface area contributed by atoms with Gasteiger partial charge in [-0.05, 0) is 39.5 Å². The topological polar surface area (TPSA) is 61.7 Å². The lowest BCUT2D eigenvalue weighted by Crippen LogP contribution is -2.20. The Morgan fingerprint density at radius 3 is 2.04 bits per heavy atom. The normalized spacial score (nSPS) is 12.4. The molecule has 4 nitrogen and oxygen atoms in total. The van der Waals surface area contributed by atoms with E-state index < -0.39 is 0 Å². The third-order valence-electron chi connectivity index (χ3n) is 4.63. The Morgan fingerprint density at radius 1 is 1.00 bits per heavy atom. The van der Waals surface area contributed by atoms with Crippen LogP contribution in [0.2, 0.25) is 0 Å². The molecule has 2 rings (SSSR count). The van der Waals surface area contributed by atoms with Gasteiger partial charge in [-0.1, -0.05) is 84.0 Å². The smallest absolute Gasteiger partial charge is 0.240 e. The summed E-state index contributed by atoms with van der Waals surface area (Å²) in [6, 6.07) is 13.7. The number of hydrogen-bond acceptors (Lipinski definition) is 3. The summed E-state index contributed by atoms with van der Waals surface area (Å²) >= 11 is 0. The zero-order valence-corrected chi connectivity index (χ0v) is 17.8. The van der Waals surface area contributed by atoms with E-state index >= 15 is 0 Å². The van der Waals surface area contributed by atoms with Crippen molar-refractivity contribution in [3.05, 3.63) is 64.7 Å². The number of phenolic OH excluding ortho intramolecular Hbond substituents is 1. The van der Waals surface area contributed by atoms with Crippen molar-refractivity contribution in [2.45, 2.75) is 65.2 Å². The number of rotatable bonds is 5. The van der Waals surface area contributed by atoms with Gasteiger partial charge in [-0.25, -0.2) is 5.43 Å². The number of amides is 1. The van der Waals surface area contributed by atoms with Crippen molar-refractivity contribution in [1.29, 1.82) is 0 Å².